The smallest absolute Gasteiger partial charge is 0.295 e. The van der Waals surface area contributed by atoms with E-state index in [4.69, 9.17) is 11.6 Å². The molecular weight excluding hydrogens is 396 g/mol. The van der Waals surface area contributed by atoms with E-state index < -0.39 is 0 Å². The van der Waals surface area contributed by atoms with E-state index in [1.165, 1.54) is 0 Å². The Bertz CT molecular complexity index is 1230. The Morgan fingerprint density at radius 1 is 0.933 bits per heavy atom. The number of benzene rings is 3. The molecule has 0 fully saturated rings. The lowest BCUT2D eigenvalue weighted by molar-refractivity contribution is 0.101. The summed E-state index contributed by atoms with van der Waals surface area (Å²) in [6.45, 7) is 5.89. The van der Waals surface area contributed by atoms with Crippen molar-refractivity contribution in [3.05, 3.63) is 94.3 Å². The standard InChI is InChI=1S/C24H21ClN4O/c1-15-11-13-18(14-12-15)23-27-22(24(30)26-20-9-5-4-7-16(20)2)28-29(23)21-10-6-8-19(25)17(21)3/h4-14H,1-3H3,(H,26,30). The van der Waals surface area contributed by atoms with Crippen molar-refractivity contribution in [1.82, 2.24) is 14.8 Å². The summed E-state index contributed by atoms with van der Waals surface area (Å²) in [6, 6.07) is 21.2. The van der Waals surface area contributed by atoms with Gasteiger partial charge in [0.25, 0.3) is 5.91 Å². The third-order valence-electron chi connectivity index (χ3n) is 4.98. The molecule has 0 bridgehead atoms. The highest BCUT2D eigenvalue weighted by Gasteiger charge is 2.20. The SMILES string of the molecule is Cc1ccc(-c2nc(C(=O)Nc3ccccc3C)nn2-c2cccc(Cl)c2C)cc1. The van der Waals surface area contributed by atoms with Gasteiger partial charge in [-0.3, -0.25) is 4.79 Å². The number of para-hydroxylation sites is 1. The monoisotopic (exact) mass is 416 g/mol. The summed E-state index contributed by atoms with van der Waals surface area (Å²) in [5.74, 6) is 0.305. The van der Waals surface area contributed by atoms with Crippen molar-refractivity contribution in [2.45, 2.75) is 20.8 Å². The molecule has 0 spiro atoms. The predicted molar refractivity (Wildman–Crippen MR) is 120 cm³/mol. The van der Waals surface area contributed by atoms with Crippen LogP contribution in [0.15, 0.2) is 66.7 Å². The summed E-state index contributed by atoms with van der Waals surface area (Å²) in [4.78, 5) is 17.5. The first-order valence-electron chi connectivity index (χ1n) is 9.60. The second-order valence-electron chi connectivity index (χ2n) is 7.19. The van der Waals surface area contributed by atoms with Crippen molar-refractivity contribution in [2.75, 3.05) is 5.32 Å². The normalized spacial score (nSPS) is 10.8. The van der Waals surface area contributed by atoms with Crippen LogP contribution in [0.3, 0.4) is 0 Å². The highest BCUT2D eigenvalue weighted by Crippen LogP contribution is 2.27. The van der Waals surface area contributed by atoms with Crippen LogP contribution in [0, 0.1) is 20.8 Å². The predicted octanol–water partition coefficient (Wildman–Crippen LogP) is 5.77. The molecule has 0 radical (unpaired) electrons. The first-order chi connectivity index (χ1) is 14.4. The minimum atomic E-state index is -0.365. The molecule has 1 N–H and O–H groups in total. The number of nitrogens with one attached hydrogen (secondary N) is 1. The third-order valence-corrected chi connectivity index (χ3v) is 5.39. The first-order valence-corrected chi connectivity index (χ1v) is 9.98. The summed E-state index contributed by atoms with van der Waals surface area (Å²) in [5, 5.41) is 8.07. The molecule has 4 rings (SSSR count). The van der Waals surface area contributed by atoms with Crippen LogP contribution in [0.4, 0.5) is 5.69 Å². The molecule has 0 saturated carbocycles. The zero-order valence-electron chi connectivity index (χ0n) is 17.0. The van der Waals surface area contributed by atoms with Gasteiger partial charge in [0, 0.05) is 16.3 Å². The van der Waals surface area contributed by atoms with E-state index in [0.29, 0.717) is 10.8 Å². The fourth-order valence-electron chi connectivity index (χ4n) is 3.18. The Morgan fingerprint density at radius 3 is 2.40 bits per heavy atom. The number of nitrogens with zero attached hydrogens (tertiary/aromatic N) is 3. The van der Waals surface area contributed by atoms with Crippen molar-refractivity contribution in [2.24, 2.45) is 0 Å². The maximum atomic E-state index is 12.9. The van der Waals surface area contributed by atoms with E-state index in [1.807, 2.05) is 87.5 Å². The van der Waals surface area contributed by atoms with E-state index in [0.717, 1.165) is 33.6 Å². The summed E-state index contributed by atoms with van der Waals surface area (Å²) < 4.78 is 1.68. The largest absolute Gasteiger partial charge is 0.319 e. The number of hydrogen-bond donors (Lipinski definition) is 1. The molecule has 6 heteroatoms. The molecule has 3 aromatic carbocycles. The summed E-state index contributed by atoms with van der Waals surface area (Å²) in [5.41, 5.74) is 5.34. The van der Waals surface area contributed by atoms with Gasteiger partial charge in [-0.05, 0) is 50.1 Å². The number of aromatic nitrogens is 3. The van der Waals surface area contributed by atoms with Gasteiger partial charge in [-0.1, -0.05) is 65.7 Å². The Balaban J connectivity index is 1.81. The van der Waals surface area contributed by atoms with Gasteiger partial charge in [-0.25, -0.2) is 9.67 Å². The summed E-state index contributed by atoms with van der Waals surface area (Å²) >= 11 is 6.34. The van der Waals surface area contributed by atoms with Crippen LogP contribution in [0.1, 0.15) is 27.3 Å². The number of aryl methyl sites for hydroxylation is 2. The molecule has 1 amide bonds. The van der Waals surface area contributed by atoms with Crippen LogP contribution in [-0.2, 0) is 0 Å². The van der Waals surface area contributed by atoms with Gasteiger partial charge >= 0.3 is 0 Å². The van der Waals surface area contributed by atoms with Gasteiger partial charge in [0.2, 0.25) is 5.82 Å². The summed E-state index contributed by atoms with van der Waals surface area (Å²) in [6.07, 6.45) is 0. The van der Waals surface area contributed by atoms with Gasteiger partial charge < -0.3 is 5.32 Å². The van der Waals surface area contributed by atoms with Gasteiger partial charge in [0.05, 0.1) is 5.69 Å². The van der Waals surface area contributed by atoms with Crippen LogP contribution in [0.25, 0.3) is 17.1 Å². The molecule has 0 aliphatic heterocycles. The highest BCUT2D eigenvalue weighted by molar-refractivity contribution is 6.31. The second-order valence-corrected chi connectivity index (χ2v) is 7.60. The fourth-order valence-corrected chi connectivity index (χ4v) is 3.35. The lowest BCUT2D eigenvalue weighted by atomic mass is 10.1. The van der Waals surface area contributed by atoms with Crippen molar-refractivity contribution < 1.29 is 4.79 Å². The molecule has 1 heterocycles. The molecule has 150 valence electrons. The zero-order chi connectivity index (χ0) is 21.3. The number of anilines is 1. The van der Waals surface area contributed by atoms with Crippen molar-refractivity contribution in [3.8, 4) is 17.1 Å². The Hall–Kier alpha value is -3.44. The van der Waals surface area contributed by atoms with Crippen molar-refractivity contribution in [1.29, 1.82) is 0 Å². The molecule has 5 nitrogen and oxygen atoms in total. The van der Waals surface area contributed by atoms with E-state index >= 15 is 0 Å². The van der Waals surface area contributed by atoms with E-state index in [2.05, 4.69) is 15.4 Å². The minimum absolute atomic E-state index is 0.0909. The minimum Gasteiger partial charge on any atom is -0.319 e. The molecule has 1 aromatic heterocycles. The molecule has 4 aromatic rings. The third kappa shape index (κ3) is 3.84. The molecule has 0 saturated heterocycles. The molecule has 0 atom stereocenters. The topological polar surface area (TPSA) is 59.8 Å². The molecular formula is C24H21ClN4O. The quantitative estimate of drug-likeness (QED) is 0.459. The maximum absolute atomic E-state index is 12.9. The number of carbonyl (C=O) groups is 1. The zero-order valence-corrected chi connectivity index (χ0v) is 17.7. The highest BCUT2D eigenvalue weighted by atomic mass is 35.5. The molecule has 0 unspecified atom stereocenters. The van der Waals surface area contributed by atoms with Crippen LogP contribution in [0.2, 0.25) is 5.02 Å². The summed E-state index contributed by atoms with van der Waals surface area (Å²) in [7, 11) is 0. The van der Waals surface area contributed by atoms with Crippen LogP contribution in [0.5, 0.6) is 0 Å². The average molecular weight is 417 g/mol. The molecule has 0 aliphatic rings. The lowest BCUT2D eigenvalue weighted by Crippen LogP contribution is -2.15. The lowest BCUT2D eigenvalue weighted by Gasteiger charge is -2.10. The van der Waals surface area contributed by atoms with E-state index in [1.54, 1.807) is 4.68 Å². The van der Waals surface area contributed by atoms with Crippen LogP contribution in [-0.4, -0.2) is 20.7 Å². The molecule has 30 heavy (non-hydrogen) atoms. The second kappa shape index (κ2) is 8.13. The Morgan fingerprint density at radius 2 is 1.67 bits per heavy atom. The van der Waals surface area contributed by atoms with E-state index in [-0.39, 0.29) is 11.7 Å². The number of hydrogen-bond acceptors (Lipinski definition) is 3. The number of amides is 1. The Labute approximate surface area is 180 Å². The average Bonchev–Trinajstić information content (AvgIpc) is 3.17. The Kier molecular flexibility index (Phi) is 5.38. The van der Waals surface area contributed by atoms with Crippen molar-refractivity contribution in [3.63, 3.8) is 0 Å². The number of rotatable bonds is 4. The van der Waals surface area contributed by atoms with Crippen LogP contribution >= 0.6 is 11.6 Å². The van der Waals surface area contributed by atoms with Crippen LogP contribution < -0.4 is 5.32 Å². The molecule has 0 aliphatic carbocycles. The van der Waals surface area contributed by atoms with Gasteiger partial charge in [0.1, 0.15) is 0 Å². The number of carbonyl (C=O) groups excluding carboxylic acids is 1. The van der Waals surface area contributed by atoms with Gasteiger partial charge in [-0.2, -0.15) is 0 Å². The van der Waals surface area contributed by atoms with Gasteiger partial charge in [0.15, 0.2) is 5.82 Å². The van der Waals surface area contributed by atoms with Gasteiger partial charge in [-0.15, -0.1) is 5.10 Å². The fraction of sp³-hybridized carbons (Fsp3) is 0.125. The van der Waals surface area contributed by atoms with Crippen molar-refractivity contribution >= 4 is 23.2 Å². The van der Waals surface area contributed by atoms with E-state index in [9.17, 15) is 4.79 Å². The maximum Gasteiger partial charge on any atom is 0.295 e. The number of halogens is 1. The first kappa shape index (κ1) is 19.9.